The van der Waals surface area contributed by atoms with Gasteiger partial charge in [0.25, 0.3) is 0 Å². The summed E-state index contributed by atoms with van der Waals surface area (Å²) in [5.41, 5.74) is 1.28. The second-order valence-electron chi connectivity index (χ2n) is 5.26. The van der Waals surface area contributed by atoms with E-state index in [1.807, 2.05) is 24.3 Å². The van der Waals surface area contributed by atoms with Gasteiger partial charge in [-0.3, -0.25) is 4.55 Å². The lowest BCUT2D eigenvalue weighted by Crippen LogP contribution is -2.11. The first-order valence-electron chi connectivity index (χ1n) is 7.85. The number of aryl methyl sites for hydroxylation is 1. The molecule has 0 amide bonds. The summed E-state index contributed by atoms with van der Waals surface area (Å²) >= 11 is 0. The highest BCUT2D eigenvalue weighted by atomic mass is 32.3. The van der Waals surface area contributed by atoms with E-state index in [-0.39, 0.29) is 13.2 Å². The molecular weight excluding hydrogens is 304 g/mol. The van der Waals surface area contributed by atoms with Crippen molar-refractivity contribution in [2.75, 3.05) is 13.2 Å². The van der Waals surface area contributed by atoms with Gasteiger partial charge in [-0.1, -0.05) is 51.2 Å². The fourth-order valence-electron chi connectivity index (χ4n) is 2.16. The molecule has 0 radical (unpaired) electrons. The van der Waals surface area contributed by atoms with Gasteiger partial charge < -0.3 is 4.74 Å². The first-order chi connectivity index (χ1) is 10.5. The fourth-order valence-corrected chi connectivity index (χ4v) is 2.44. The van der Waals surface area contributed by atoms with E-state index < -0.39 is 10.4 Å². The van der Waals surface area contributed by atoms with E-state index in [1.165, 1.54) is 44.1 Å². The molecule has 6 heteroatoms. The highest BCUT2D eigenvalue weighted by Crippen LogP contribution is 2.15. The molecule has 1 aromatic rings. The third-order valence-electron chi connectivity index (χ3n) is 3.33. The Morgan fingerprint density at radius 2 is 1.59 bits per heavy atom. The Kier molecular flexibility index (Phi) is 9.11. The maximum absolute atomic E-state index is 10.3. The van der Waals surface area contributed by atoms with E-state index >= 15 is 0 Å². The molecule has 0 bridgehead atoms. The largest absolute Gasteiger partial charge is 0.491 e. The molecule has 1 aromatic carbocycles. The van der Waals surface area contributed by atoms with Crippen LogP contribution >= 0.6 is 0 Å². The van der Waals surface area contributed by atoms with Crippen LogP contribution < -0.4 is 4.74 Å². The van der Waals surface area contributed by atoms with Crippen molar-refractivity contribution in [3.05, 3.63) is 29.8 Å². The summed E-state index contributed by atoms with van der Waals surface area (Å²) < 4.78 is 38.6. The molecule has 126 valence electrons. The van der Waals surface area contributed by atoms with Crippen molar-refractivity contribution in [1.82, 2.24) is 0 Å². The van der Waals surface area contributed by atoms with Gasteiger partial charge in [0.1, 0.15) is 19.0 Å². The number of hydrogen-bond acceptors (Lipinski definition) is 4. The minimum atomic E-state index is -4.38. The highest BCUT2D eigenvalue weighted by molar-refractivity contribution is 7.80. The second-order valence-corrected chi connectivity index (χ2v) is 6.35. The lowest BCUT2D eigenvalue weighted by molar-refractivity contribution is 0.202. The van der Waals surface area contributed by atoms with Crippen LogP contribution in [0.3, 0.4) is 0 Å². The third kappa shape index (κ3) is 9.76. The first-order valence-corrected chi connectivity index (χ1v) is 9.21. The average Bonchev–Trinajstić information content (AvgIpc) is 2.48. The zero-order valence-electron chi connectivity index (χ0n) is 13.2. The summed E-state index contributed by atoms with van der Waals surface area (Å²) in [5.74, 6) is 0.658. The van der Waals surface area contributed by atoms with E-state index in [4.69, 9.17) is 9.29 Å². The Labute approximate surface area is 133 Å². The topological polar surface area (TPSA) is 72.8 Å². The van der Waals surface area contributed by atoms with Crippen LogP contribution in [0.1, 0.15) is 51.0 Å². The van der Waals surface area contributed by atoms with E-state index in [1.54, 1.807) is 0 Å². The Morgan fingerprint density at radius 1 is 0.955 bits per heavy atom. The van der Waals surface area contributed by atoms with Crippen molar-refractivity contribution >= 4 is 10.4 Å². The van der Waals surface area contributed by atoms with Gasteiger partial charge in [-0.2, -0.15) is 8.42 Å². The normalized spacial score (nSPS) is 11.5. The summed E-state index contributed by atoms with van der Waals surface area (Å²) in [6, 6.07) is 7.76. The molecule has 0 aliphatic carbocycles. The predicted molar refractivity (Wildman–Crippen MR) is 86.5 cm³/mol. The van der Waals surface area contributed by atoms with Crippen LogP contribution in [-0.4, -0.2) is 26.2 Å². The van der Waals surface area contributed by atoms with Gasteiger partial charge in [0, 0.05) is 0 Å². The quantitative estimate of drug-likeness (QED) is 0.466. The fraction of sp³-hybridized carbons (Fsp3) is 0.625. The summed E-state index contributed by atoms with van der Waals surface area (Å²) in [6.45, 7) is 2.08. The van der Waals surface area contributed by atoms with Crippen molar-refractivity contribution in [2.24, 2.45) is 0 Å². The monoisotopic (exact) mass is 330 g/mol. The molecule has 0 heterocycles. The molecule has 0 aliphatic rings. The van der Waals surface area contributed by atoms with Crippen LogP contribution in [0, 0.1) is 0 Å². The second kappa shape index (κ2) is 10.6. The number of benzene rings is 1. The van der Waals surface area contributed by atoms with E-state index in [9.17, 15) is 8.42 Å². The lowest BCUT2D eigenvalue weighted by Gasteiger charge is -2.07. The van der Waals surface area contributed by atoms with E-state index in [0.717, 1.165) is 6.42 Å². The molecule has 0 spiro atoms. The summed E-state index contributed by atoms with van der Waals surface area (Å²) in [5, 5.41) is 0. The average molecular weight is 330 g/mol. The molecule has 5 nitrogen and oxygen atoms in total. The lowest BCUT2D eigenvalue weighted by atomic mass is 10.0. The van der Waals surface area contributed by atoms with Crippen molar-refractivity contribution < 1.29 is 21.9 Å². The number of hydrogen-bond donors (Lipinski definition) is 1. The SMILES string of the molecule is CCCCCCCCc1ccc(OCCOS(=O)(=O)O)cc1. The van der Waals surface area contributed by atoms with Crippen molar-refractivity contribution in [3.63, 3.8) is 0 Å². The summed E-state index contributed by atoms with van der Waals surface area (Å²) in [4.78, 5) is 0. The zero-order chi connectivity index (χ0) is 16.3. The molecule has 1 N–H and O–H groups in total. The predicted octanol–water partition coefficient (Wildman–Crippen LogP) is 3.79. The van der Waals surface area contributed by atoms with Crippen molar-refractivity contribution in [1.29, 1.82) is 0 Å². The summed E-state index contributed by atoms with van der Waals surface area (Å²) in [6.07, 6.45) is 8.78. The Bertz CT molecular complexity index is 496. The van der Waals surface area contributed by atoms with Crippen molar-refractivity contribution in [3.8, 4) is 5.75 Å². The third-order valence-corrected chi connectivity index (χ3v) is 3.79. The minimum Gasteiger partial charge on any atom is -0.491 e. The van der Waals surface area contributed by atoms with Gasteiger partial charge >= 0.3 is 10.4 Å². The number of rotatable bonds is 12. The van der Waals surface area contributed by atoms with E-state index in [0.29, 0.717) is 5.75 Å². The van der Waals surface area contributed by atoms with Gasteiger partial charge in [-0.25, -0.2) is 4.18 Å². The van der Waals surface area contributed by atoms with Crippen LogP contribution in [0.4, 0.5) is 0 Å². The smallest absolute Gasteiger partial charge is 0.397 e. The van der Waals surface area contributed by atoms with Crippen LogP contribution in [0.15, 0.2) is 24.3 Å². The van der Waals surface area contributed by atoms with Gasteiger partial charge in [0.15, 0.2) is 0 Å². The number of ether oxygens (including phenoxy) is 1. The molecule has 0 aromatic heterocycles. The Hall–Kier alpha value is -1.11. The Balaban J connectivity index is 2.17. The zero-order valence-corrected chi connectivity index (χ0v) is 14.0. The van der Waals surface area contributed by atoms with Gasteiger partial charge in [-0.15, -0.1) is 0 Å². The van der Waals surface area contributed by atoms with Crippen LogP contribution in [-0.2, 0) is 21.0 Å². The Morgan fingerprint density at radius 3 is 2.23 bits per heavy atom. The maximum atomic E-state index is 10.3. The molecular formula is C16H26O5S. The number of unbranched alkanes of at least 4 members (excludes halogenated alkanes) is 5. The van der Waals surface area contributed by atoms with Crippen LogP contribution in [0.5, 0.6) is 5.75 Å². The molecule has 0 saturated heterocycles. The molecule has 0 atom stereocenters. The molecule has 0 aliphatic heterocycles. The molecule has 0 fully saturated rings. The summed E-state index contributed by atoms with van der Waals surface area (Å²) in [7, 11) is -4.38. The standard InChI is InChI=1S/C16H26O5S/c1-2-3-4-5-6-7-8-15-9-11-16(12-10-15)20-13-14-21-22(17,18)19/h9-12H,2-8,13-14H2,1H3,(H,17,18,19). The molecule has 0 saturated carbocycles. The maximum Gasteiger partial charge on any atom is 0.397 e. The molecule has 0 unspecified atom stereocenters. The van der Waals surface area contributed by atoms with Gasteiger partial charge in [0.05, 0.1) is 0 Å². The minimum absolute atomic E-state index is 0.0660. The van der Waals surface area contributed by atoms with Gasteiger partial charge in [-0.05, 0) is 30.5 Å². The first kappa shape index (κ1) is 18.9. The highest BCUT2D eigenvalue weighted by Gasteiger charge is 2.03. The molecule has 1 rings (SSSR count). The molecule has 22 heavy (non-hydrogen) atoms. The van der Waals surface area contributed by atoms with Crippen LogP contribution in [0.25, 0.3) is 0 Å². The van der Waals surface area contributed by atoms with Crippen LogP contribution in [0.2, 0.25) is 0 Å². The van der Waals surface area contributed by atoms with Crippen molar-refractivity contribution in [2.45, 2.75) is 51.9 Å². The van der Waals surface area contributed by atoms with E-state index in [2.05, 4.69) is 11.1 Å². The van der Waals surface area contributed by atoms with Gasteiger partial charge in [0.2, 0.25) is 0 Å².